The number of aromatic nitrogens is 1. The van der Waals surface area contributed by atoms with Crippen molar-refractivity contribution in [3.8, 4) is 0 Å². The van der Waals surface area contributed by atoms with Gasteiger partial charge in [0, 0.05) is 32.5 Å². The average Bonchev–Trinajstić information content (AvgIpc) is 2.93. The quantitative estimate of drug-likeness (QED) is 0.817. The number of carbonyl (C=O) groups is 2. The molecule has 0 saturated carbocycles. The van der Waals surface area contributed by atoms with E-state index in [1.807, 2.05) is 42.6 Å². The van der Waals surface area contributed by atoms with E-state index in [4.69, 9.17) is 0 Å². The minimum atomic E-state index is -0.510. The highest BCUT2D eigenvalue weighted by Crippen LogP contribution is 2.47. The summed E-state index contributed by atoms with van der Waals surface area (Å²) in [4.78, 5) is 35.8. The first-order valence-electron chi connectivity index (χ1n) is 9.75. The molecular formula is C22H26N4O2. The highest BCUT2D eigenvalue weighted by Gasteiger charge is 2.52. The van der Waals surface area contributed by atoms with Crippen molar-refractivity contribution in [3.05, 3.63) is 59.9 Å². The molecular weight excluding hydrogens is 352 g/mol. The summed E-state index contributed by atoms with van der Waals surface area (Å²) in [6, 6.07) is 13.9. The standard InChI is InChI=1S/C22H26N4O2/c1-24(2)20(27)16-26-19-9-4-3-8-18(19)22(21(26)28)10-13-25(14-11-22)15-17-7-5-6-12-23-17/h3-9,12H,10-11,13-16H2,1-2H3. The van der Waals surface area contributed by atoms with Crippen LogP contribution in [0, 0.1) is 0 Å². The number of benzene rings is 1. The monoisotopic (exact) mass is 378 g/mol. The van der Waals surface area contributed by atoms with Crippen molar-refractivity contribution >= 4 is 17.5 Å². The van der Waals surface area contributed by atoms with Crippen molar-refractivity contribution in [3.63, 3.8) is 0 Å². The molecule has 6 heteroatoms. The first kappa shape index (κ1) is 18.6. The number of pyridine rings is 1. The summed E-state index contributed by atoms with van der Waals surface area (Å²) in [5.74, 6) is 0.00850. The molecule has 2 aliphatic rings. The van der Waals surface area contributed by atoms with Gasteiger partial charge in [0.05, 0.1) is 11.1 Å². The second-order valence-electron chi connectivity index (χ2n) is 7.88. The summed E-state index contributed by atoms with van der Waals surface area (Å²) >= 11 is 0. The largest absolute Gasteiger partial charge is 0.347 e. The summed E-state index contributed by atoms with van der Waals surface area (Å²) in [5.41, 5.74) is 2.50. The predicted molar refractivity (Wildman–Crippen MR) is 108 cm³/mol. The van der Waals surface area contributed by atoms with Gasteiger partial charge in [-0.3, -0.25) is 19.5 Å². The van der Waals surface area contributed by atoms with Crippen molar-refractivity contribution < 1.29 is 9.59 Å². The second kappa shape index (κ2) is 7.36. The molecule has 2 aliphatic heterocycles. The van der Waals surface area contributed by atoms with Crippen LogP contribution >= 0.6 is 0 Å². The van der Waals surface area contributed by atoms with Gasteiger partial charge < -0.3 is 9.80 Å². The molecule has 4 rings (SSSR count). The van der Waals surface area contributed by atoms with Crippen molar-refractivity contribution in [2.45, 2.75) is 24.8 Å². The van der Waals surface area contributed by atoms with Crippen molar-refractivity contribution in [2.75, 3.05) is 38.6 Å². The molecule has 2 amide bonds. The lowest BCUT2D eigenvalue weighted by atomic mass is 9.73. The summed E-state index contributed by atoms with van der Waals surface area (Å²) in [7, 11) is 3.45. The van der Waals surface area contributed by atoms with Crippen LogP contribution in [0.2, 0.25) is 0 Å². The van der Waals surface area contributed by atoms with Gasteiger partial charge in [-0.15, -0.1) is 0 Å². The Labute approximate surface area is 165 Å². The first-order chi connectivity index (χ1) is 13.5. The zero-order valence-corrected chi connectivity index (χ0v) is 16.5. The molecule has 6 nitrogen and oxygen atoms in total. The summed E-state index contributed by atoms with van der Waals surface area (Å²) in [6.07, 6.45) is 3.35. The van der Waals surface area contributed by atoms with Crippen LogP contribution in [0.25, 0.3) is 0 Å². The van der Waals surface area contributed by atoms with Gasteiger partial charge in [0.25, 0.3) is 0 Å². The SMILES string of the molecule is CN(C)C(=O)CN1C(=O)C2(CCN(Cc3ccccn3)CC2)c2ccccc21. The number of rotatable bonds is 4. The third-order valence-electron chi connectivity index (χ3n) is 5.98. The van der Waals surface area contributed by atoms with Crippen molar-refractivity contribution in [2.24, 2.45) is 0 Å². The van der Waals surface area contributed by atoms with Crippen LogP contribution in [0.3, 0.4) is 0 Å². The van der Waals surface area contributed by atoms with Crippen LogP contribution < -0.4 is 4.90 Å². The molecule has 1 saturated heterocycles. The number of para-hydroxylation sites is 1. The summed E-state index contributed by atoms with van der Waals surface area (Å²) < 4.78 is 0. The number of fused-ring (bicyclic) bond motifs is 2. The molecule has 2 aromatic rings. The minimum absolute atomic E-state index is 0.0622. The van der Waals surface area contributed by atoms with E-state index >= 15 is 0 Å². The van der Waals surface area contributed by atoms with E-state index in [0.29, 0.717) is 0 Å². The highest BCUT2D eigenvalue weighted by atomic mass is 16.2. The van der Waals surface area contributed by atoms with Gasteiger partial charge in [-0.2, -0.15) is 0 Å². The van der Waals surface area contributed by atoms with E-state index < -0.39 is 5.41 Å². The number of hydrogen-bond donors (Lipinski definition) is 0. The number of piperidine rings is 1. The Morgan fingerprint density at radius 3 is 2.50 bits per heavy atom. The number of nitrogens with zero attached hydrogens (tertiary/aromatic N) is 4. The Morgan fingerprint density at radius 1 is 1.11 bits per heavy atom. The first-order valence-corrected chi connectivity index (χ1v) is 9.75. The molecule has 0 unspecified atom stereocenters. The molecule has 0 aliphatic carbocycles. The average molecular weight is 378 g/mol. The zero-order chi connectivity index (χ0) is 19.7. The maximum atomic E-state index is 13.5. The van der Waals surface area contributed by atoms with Crippen LogP contribution in [-0.4, -0.2) is 60.3 Å². The normalized spacial score (nSPS) is 18.4. The molecule has 28 heavy (non-hydrogen) atoms. The highest BCUT2D eigenvalue weighted by molar-refractivity contribution is 6.10. The fourth-order valence-electron chi connectivity index (χ4n) is 4.33. The number of amides is 2. The smallest absolute Gasteiger partial charge is 0.242 e. The molecule has 0 N–H and O–H groups in total. The number of likely N-dealkylation sites (tertiary alicyclic amines) is 1. The summed E-state index contributed by atoms with van der Waals surface area (Å²) in [6.45, 7) is 2.58. The third kappa shape index (κ3) is 3.18. The number of anilines is 1. The van der Waals surface area contributed by atoms with E-state index in [2.05, 4.69) is 16.0 Å². The number of likely N-dealkylation sites (N-methyl/N-ethyl adjacent to an activating group) is 1. The van der Waals surface area contributed by atoms with Crippen LogP contribution in [0.5, 0.6) is 0 Å². The molecule has 0 radical (unpaired) electrons. The van der Waals surface area contributed by atoms with Gasteiger partial charge in [-0.1, -0.05) is 24.3 Å². The third-order valence-corrected chi connectivity index (χ3v) is 5.98. The Balaban J connectivity index is 1.55. The summed E-state index contributed by atoms with van der Waals surface area (Å²) in [5, 5.41) is 0. The van der Waals surface area contributed by atoms with E-state index in [1.54, 1.807) is 19.0 Å². The fraction of sp³-hybridized carbons (Fsp3) is 0.409. The van der Waals surface area contributed by atoms with Crippen molar-refractivity contribution in [1.29, 1.82) is 0 Å². The van der Waals surface area contributed by atoms with Gasteiger partial charge >= 0.3 is 0 Å². The molecule has 1 aromatic carbocycles. The fourth-order valence-corrected chi connectivity index (χ4v) is 4.33. The maximum Gasteiger partial charge on any atom is 0.242 e. The number of carbonyl (C=O) groups excluding carboxylic acids is 2. The van der Waals surface area contributed by atoms with E-state index in [1.165, 1.54) is 4.90 Å². The molecule has 1 spiro atoms. The Bertz CT molecular complexity index is 873. The zero-order valence-electron chi connectivity index (χ0n) is 16.5. The topological polar surface area (TPSA) is 56.8 Å². The lowest BCUT2D eigenvalue weighted by Gasteiger charge is -2.38. The molecule has 3 heterocycles. The molecule has 146 valence electrons. The Hall–Kier alpha value is -2.73. The van der Waals surface area contributed by atoms with E-state index in [-0.39, 0.29) is 18.4 Å². The van der Waals surface area contributed by atoms with Gasteiger partial charge in [-0.05, 0) is 49.7 Å². The van der Waals surface area contributed by atoms with Gasteiger partial charge in [0.1, 0.15) is 6.54 Å². The van der Waals surface area contributed by atoms with Crippen molar-refractivity contribution in [1.82, 2.24) is 14.8 Å². The van der Waals surface area contributed by atoms with Gasteiger partial charge in [-0.25, -0.2) is 0 Å². The van der Waals surface area contributed by atoms with Gasteiger partial charge in [0.2, 0.25) is 11.8 Å². The second-order valence-corrected chi connectivity index (χ2v) is 7.88. The molecule has 0 bridgehead atoms. The lowest BCUT2D eigenvalue weighted by Crippen LogP contribution is -2.50. The number of hydrogen-bond acceptors (Lipinski definition) is 4. The molecule has 1 aromatic heterocycles. The minimum Gasteiger partial charge on any atom is -0.347 e. The molecule has 1 fully saturated rings. The van der Waals surface area contributed by atoms with E-state index in [0.717, 1.165) is 49.4 Å². The van der Waals surface area contributed by atoms with Crippen LogP contribution in [-0.2, 0) is 21.5 Å². The maximum absolute atomic E-state index is 13.5. The molecule has 0 atom stereocenters. The van der Waals surface area contributed by atoms with Gasteiger partial charge in [0.15, 0.2) is 0 Å². The Morgan fingerprint density at radius 2 is 1.82 bits per heavy atom. The van der Waals surface area contributed by atoms with Crippen LogP contribution in [0.4, 0.5) is 5.69 Å². The van der Waals surface area contributed by atoms with Crippen LogP contribution in [0.15, 0.2) is 48.7 Å². The Kier molecular flexibility index (Phi) is 4.89. The lowest BCUT2D eigenvalue weighted by molar-refractivity contribution is -0.130. The predicted octanol–water partition coefficient (Wildman–Crippen LogP) is 2.05. The van der Waals surface area contributed by atoms with E-state index in [9.17, 15) is 9.59 Å². The van der Waals surface area contributed by atoms with Crippen LogP contribution in [0.1, 0.15) is 24.1 Å².